The number of thiazole rings is 1. The number of halogens is 4. The molecule has 2 aromatic heterocycles. The Kier molecular flexibility index (Phi) is 4.15. The van der Waals surface area contributed by atoms with Gasteiger partial charge in [-0.05, 0) is 46.3 Å². The number of hydrogen-bond donors (Lipinski definition) is 1. The molecule has 0 aliphatic heterocycles. The van der Waals surface area contributed by atoms with Gasteiger partial charge in [0.1, 0.15) is 4.21 Å². The van der Waals surface area contributed by atoms with E-state index in [1.54, 1.807) is 6.07 Å². The topological polar surface area (TPSA) is 59.1 Å². The Bertz CT molecular complexity index is 979. The Labute approximate surface area is 145 Å². The van der Waals surface area contributed by atoms with Gasteiger partial charge in [-0.3, -0.25) is 4.72 Å². The summed E-state index contributed by atoms with van der Waals surface area (Å²) in [7, 11) is -3.81. The zero-order valence-corrected chi connectivity index (χ0v) is 14.9. The Morgan fingerprint density at radius 2 is 1.87 bits per heavy atom. The maximum atomic E-state index is 12.7. The number of sulfonamides is 1. The Balaban J connectivity index is 1.95. The molecule has 0 aliphatic carbocycles. The average molecular weight is 443 g/mol. The van der Waals surface area contributed by atoms with Crippen LogP contribution in [-0.2, 0) is 16.2 Å². The molecule has 0 radical (unpaired) electrons. The molecule has 1 aromatic carbocycles. The minimum atomic E-state index is -4.46. The summed E-state index contributed by atoms with van der Waals surface area (Å²) >= 11 is 5.04. The molecule has 0 saturated heterocycles. The van der Waals surface area contributed by atoms with Crippen LogP contribution in [0.3, 0.4) is 0 Å². The van der Waals surface area contributed by atoms with Gasteiger partial charge in [0.25, 0.3) is 10.0 Å². The van der Waals surface area contributed by atoms with E-state index in [0.717, 1.165) is 34.8 Å². The molecule has 3 rings (SSSR count). The quantitative estimate of drug-likeness (QED) is 0.624. The van der Waals surface area contributed by atoms with Gasteiger partial charge in [-0.25, -0.2) is 13.4 Å². The predicted octanol–water partition coefficient (Wildman–Crippen LogP) is 4.94. The monoisotopic (exact) mass is 442 g/mol. The van der Waals surface area contributed by atoms with Crippen molar-refractivity contribution in [3.8, 4) is 0 Å². The molecular formula is C12H6BrF3N2O2S3. The molecule has 0 fully saturated rings. The number of rotatable bonds is 3. The first-order chi connectivity index (χ1) is 10.6. The third-order valence-electron chi connectivity index (χ3n) is 2.75. The Morgan fingerprint density at radius 3 is 2.48 bits per heavy atom. The van der Waals surface area contributed by atoms with E-state index in [0.29, 0.717) is 9.30 Å². The van der Waals surface area contributed by atoms with Crippen LogP contribution >= 0.6 is 38.6 Å². The van der Waals surface area contributed by atoms with Crippen molar-refractivity contribution in [1.82, 2.24) is 4.98 Å². The lowest BCUT2D eigenvalue weighted by Gasteiger charge is -2.04. The minimum Gasteiger partial charge on any atom is -0.254 e. The maximum Gasteiger partial charge on any atom is 0.416 e. The number of thiophene rings is 1. The van der Waals surface area contributed by atoms with E-state index in [4.69, 9.17) is 0 Å². The zero-order chi connectivity index (χ0) is 16.8. The number of fused-ring (bicyclic) bond motifs is 1. The van der Waals surface area contributed by atoms with Gasteiger partial charge in [0.15, 0.2) is 5.13 Å². The van der Waals surface area contributed by atoms with Crippen LogP contribution in [-0.4, -0.2) is 13.4 Å². The largest absolute Gasteiger partial charge is 0.416 e. The van der Waals surface area contributed by atoms with Crippen LogP contribution in [0.2, 0.25) is 0 Å². The SMILES string of the molecule is O=S(=O)(Nc1nc2ccc(C(F)(F)F)cc2s1)c1ccc(Br)s1. The molecule has 23 heavy (non-hydrogen) atoms. The molecule has 3 aromatic rings. The van der Waals surface area contributed by atoms with Gasteiger partial charge in [0, 0.05) is 0 Å². The standard InChI is InChI=1S/C12H6BrF3N2O2S3/c13-9-3-4-10(22-9)23(19,20)18-11-17-7-2-1-6(12(14,15)16)5-8(7)21-11/h1-5H,(H,17,18). The van der Waals surface area contributed by atoms with Crippen molar-refractivity contribution in [2.75, 3.05) is 4.72 Å². The second-order valence-electron chi connectivity index (χ2n) is 4.36. The van der Waals surface area contributed by atoms with Crippen LogP contribution in [0.5, 0.6) is 0 Å². The summed E-state index contributed by atoms with van der Waals surface area (Å²) in [6.07, 6.45) is -4.46. The normalized spacial score (nSPS) is 12.7. The highest BCUT2D eigenvalue weighted by Gasteiger charge is 2.31. The zero-order valence-electron chi connectivity index (χ0n) is 10.9. The van der Waals surface area contributed by atoms with E-state index >= 15 is 0 Å². The number of aromatic nitrogens is 1. The minimum absolute atomic E-state index is 0.0175. The summed E-state index contributed by atoms with van der Waals surface area (Å²) in [6, 6.07) is 6.09. The van der Waals surface area contributed by atoms with Crippen LogP contribution in [0, 0.1) is 0 Å². The third kappa shape index (κ3) is 3.52. The maximum absolute atomic E-state index is 12.7. The summed E-state index contributed by atoms with van der Waals surface area (Å²) in [6.45, 7) is 0. The van der Waals surface area contributed by atoms with E-state index in [2.05, 4.69) is 25.6 Å². The van der Waals surface area contributed by atoms with Crippen LogP contribution < -0.4 is 4.72 Å². The summed E-state index contributed by atoms with van der Waals surface area (Å²) in [5.41, 5.74) is -0.502. The van der Waals surface area contributed by atoms with E-state index in [-0.39, 0.29) is 14.0 Å². The Morgan fingerprint density at radius 1 is 1.13 bits per heavy atom. The lowest BCUT2D eigenvalue weighted by Crippen LogP contribution is -2.10. The molecule has 0 atom stereocenters. The van der Waals surface area contributed by atoms with Gasteiger partial charge < -0.3 is 0 Å². The lowest BCUT2D eigenvalue weighted by molar-refractivity contribution is -0.137. The second kappa shape index (κ2) is 5.72. The molecule has 0 amide bonds. The predicted molar refractivity (Wildman–Crippen MR) is 87.4 cm³/mol. The second-order valence-corrected chi connectivity index (χ2v) is 9.77. The third-order valence-corrected chi connectivity index (χ3v) is 7.27. The van der Waals surface area contributed by atoms with Crippen LogP contribution in [0.4, 0.5) is 18.3 Å². The van der Waals surface area contributed by atoms with E-state index in [1.165, 1.54) is 12.1 Å². The molecule has 0 bridgehead atoms. The fourth-order valence-electron chi connectivity index (χ4n) is 1.75. The fourth-order valence-corrected chi connectivity index (χ4v) is 5.90. The molecule has 1 N–H and O–H groups in total. The van der Waals surface area contributed by atoms with Crippen molar-refractivity contribution in [3.63, 3.8) is 0 Å². The summed E-state index contributed by atoms with van der Waals surface area (Å²) in [4.78, 5) is 4.01. The highest BCUT2D eigenvalue weighted by atomic mass is 79.9. The van der Waals surface area contributed by atoms with Crippen molar-refractivity contribution >= 4 is 64.0 Å². The molecule has 0 spiro atoms. The summed E-state index contributed by atoms with van der Waals surface area (Å²) < 4.78 is 65.7. The number of anilines is 1. The van der Waals surface area contributed by atoms with Crippen molar-refractivity contribution in [2.24, 2.45) is 0 Å². The van der Waals surface area contributed by atoms with Gasteiger partial charge >= 0.3 is 6.18 Å². The number of hydrogen-bond acceptors (Lipinski definition) is 5. The van der Waals surface area contributed by atoms with E-state index in [1.807, 2.05) is 0 Å². The molecule has 122 valence electrons. The van der Waals surface area contributed by atoms with Crippen molar-refractivity contribution in [3.05, 3.63) is 39.7 Å². The van der Waals surface area contributed by atoms with Crippen molar-refractivity contribution in [1.29, 1.82) is 0 Å². The molecular weight excluding hydrogens is 437 g/mol. The smallest absolute Gasteiger partial charge is 0.254 e. The van der Waals surface area contributed by atoms with Crippen LogP contribution in [0.15, 0.2) is 38.3 Å². The molecule has 4 nitrogen and oxygen atoms in total. The number of nitrogens with zero attached hydrogens (tertiary/aromatic N) is 1. The van der Waals surface area contributed by atoms with Gasteiger partial charge in [0.05, 0.1) is 19.6 Å². The summed E-state index contributed by atoms with van der Waals surface area (Å²) in [5, 5.41) is 0.0175. The van der Waals surface area contributed by atoms with Gasteiger partial charge in [-0.15, -0.1) is 11.3 Å². The van der Waals surface area contributed by atoms with Gasteiger partial charge in [0.2, 0.25) is 0 Å². The number of alkyl halides is 3. The first-order valence-corrected chi connectivity index (χ1v) is 9.82. The first kappa shape index (κ1) is 16.7. The molecule has 2 heterocycles. The first-order valence-electron chi connectivity index (χ1n) is 5.91. The number of benzene rings is 1. The molecule has 11 heteroatoms. The highest BCUT2D eigenvalue weighted by Crippen LogP contribution is 2.35. The summed E-state index contributed by atoms with van der Waals surface area (Å²) in [5.74, 6) is 0. The van der Waals surface area contributed by atoms with Crippen molar-refractivity contribution < 1.29 is 21.6 Å². The van der Waals surface area contributed by atoms with Crippen LogP contribution in [0.1, 0.15) is 5.56 Å². The van der Waals surface area contributed by atoms with Crippen LogP contribution in [0.25, 0.3) is 10.2 Å². The molecule has 0 aliphatic rings. The van der Waals surface area contributed by atoms with E-state index < -0.39 is 21.8 Å². The van der Waals surface area contributed by atoms with Crippen molar-refractivity contribution in [2.45, 2.75) is 10.4 Å². The fraction of sp³-hybridized carbons (Fsp3) is 0.0833. The average Bonchev–Trinajstić information content (AvgIpc) is 3.01. The number of nitrogens with one attached hydrogen (secondary N) is 1. The van der Waals surface area contributed by atoms with Gasteiger partial charge in [-0.2, -0.15) is 13.2 Å². The molecule has 0 saturated carbocycles. The Hall–Kier alpha value is -1.17. The highest BCUT2D eigenvalue weighted by molar-refractivity contribution is 9.11. The molecule has 0 unspecified atom stereocenters. The lowest BCUT2D eigenvalue weighted by atomic mass is 10.2. The van der Waals surface area contributed by atoms with Gasteiger partial charge in [-0.1, -0.05) is 11.3 Å². The van der Waals surface area contributed by atoms with E-state index in [9.17, 15) is 21.6 Å².